The van der Waals surface area contributed by atoms with Crippen LogP contribution >= 0.6 is 0 Å². The Balaban J connectivity index is 3.07. The first-order chi connectivity index (χ1) is 18.9. The molecular weight excluding hydrogens is 521 g/mol. The Morgan fingerprint density at radius 1 is 0.590 bits per heavy atom. The minimum atomic E-state index is -2.66. The van der Waals surface area contributed by atoms with Gasteiger partial charge in [0, 0.05) is 63.5 Å². The highest BCUT2D eigenvalue weighted by Gasteiger charge is 2.40. The quantitative estimate of drug-likeness (QED) is 0.0852. The molecule has 0 saturated carbocycles. The van der Waals surface area contributed by atoms with Crippen LogP contribution < -0.4 is 9.47 Å². The van der Waals surface area contributed by atoms with Gasteiger partial charge in [-0.3, -0.25) is 0 Å². The van der Waals surface area contributed by atoms with Crippen LogP contribution in [-0.4, -0.2) is 69.7 Å². The van der Waals surface area contributed by atoms with Gasteiger partial charge in [0.15, 0.2) is 8.24 Å². The van der Waals surface area contributed by atoms with E-state index < -0.39 is 17.0 Å². The molecule has 0 N–H and O–H groups in total. The van der Waals surface area contributed by atoms with Crippen LogP contribution in [0, 0.1) is 0 Å². The van der Waals surface area contributed by atoms with E-state index in [0.717, 1.165) is 71.0 Å². The number of benzene rings is 1. The molecule has 0 saturated heterocycles. The summed E-state index contributed by atoms with van der Waals surface area (Å²) in [5.74, 6) is 0. The van der Waals surface area contributed by atoms with Gasteiger partial charge in [-0.2, -0.15) is 0 Å². The predicted octanol–water partition coefficient (Wildman–Crippen LogP) is 8.36. The highest BCUT2D eigenvalue weighted by molar-refractivity contribution is 6.83. The molecule has 0 aromatic heterocycles. The van der Waals surface area contributed by atoms with E-state index in [1.165, 1.54) is 29.5 Å². The second-order valence-electron chi connectivity index (χ2n) is 10.5. The molecule has 8 heteroatoms. The third-order valence-electron chi connectivity index (χ3n) is 7.72. The number of ether oxygens (including phenoxy) is 1. The molecule has 0 fully saturated rings. The van der Waals surface area contributed by atoms with Gasteiger partial charge < -0.3 is 27.5 Å². The third-order valence-corrected chi connectivity index (χ3v) is 16.2. The van der Waals surface area contributed by atoms with Crippen LogP contribution in [0.5, 0.6) is 0 Å². The molecule has 0 amide bonds. The molecular formula is C31H62N2O4Si2. The monoisotopic (exact) mass is 582 g/mol. The van der Waals surface area contributed by atoms with Crippen molar-refractivity contribution in [3.05, 3.63) is 24.3 Å². The van der Waals surface area contributed by atoms with E-state index in [4.69, 9.17) is 18.0 Å². The summed E-state index contributed by atoms with van der Waals surface area (Å²) in [7, 11) is -4.23. The molecule has 0 unspecified atom stereocenters. The maximum atomic E-state index is 6.34. The first kappa shape index (κ1) is 36.1. The zero-order valence-corrected chi connectivity index (χ0v) is 28.9. The minimum Gasteiger partial charge on any atom is -0.395 e. The fourth-order valence-corrected chi connectivity index (χ4v) is 12.1. The van der Waals surface area contributed by atoms with Gasteiger partial charge in [0.05, 0.1) is 6.61 Å². The largest absolute Gasteiger partial charge is 0.501 e. The predicted molar refractivity (Wildman–Crippen MR) is 174 cm³/mol. The number of hydrogen-bond donors (Lipinski definition) is 0. The van der Waals surface area contributed by atoms with Gasteiger partial charge in [0.25, 0.3) is 0 Å². The van der Waals surface area contributed by atoms with Crippen molar-refractivity contribution in [1.82, 2.24) is 0 Å². The van der Waals surface area contributed by atoms with E-state index in [1.807, 2.05) is 0 Å². The highest BCUT2D eigenvalue weighted by Crippen LogP contribution is 2.32. The van der Waals surface area contributed by atoms with Gasteiger partial charge in [-0.1, -0.05) is 48.5 Å². The average molecular weight is 583 g/mol. The lowest BCUT2D eigenvalue weighted by molar-refractivity contribution is 0.0589. The number of rotatable bonds is 25. The van der Waals surface area contributed by atoms with Crippen LogP contribution in [-0.2, 0) is 18.0 Å². The van der Waals surface area contributed by atoms with Gasteiger partial charge in [0.1, 0.15) is 0 Å². The van der Waals surface area contributed by atoms with E-state index in [-0.39, 0.29) is 0 Å². The molecule has 0 aliphatic carbocycles. The zero-order chi connectivity index (χ0) is 29.0. The Hall–Kier alpha value is -0.906. The number of nitrogens with zero attached hydrogens (tertiary/aromatic N) is 2. The van der Waals surface area contributed by atoms with Crippen LogP contribution in [0.3, 0.4) is 0 Å². The van der Waals surface area contributed by atoms with Crippen molar-refractivity contribution >= 4 is 28.4 Å². The minimum absolute atomic E-state index is 0.706. The molecule has 1 aromatic rings. The summed E-state index contributed by atoms with van der Waals surface area (Å²) in [4.78, 5) is 2.52. The van der Waals surface area contributed by atoms with Crippen molar-refractivity contribution < 1.29 is 18.0 Å². The fourth-order valence-electron chi connectivity index (χ4n) is 5.35. The summed E-state index contributed by atoms with van der Waals surface area (Å²) in [5, 5.41) is 0. The molecule has 0 heterocycles. The molecule has 1 rings (SSSR count). The van der Waals surface area contributed by atoms with Gasteiger partial charge in [-0.05, 0) is 81.4 Å². The van der Waals surface area contributed by atoms with E-state index in [2.05, 4.69) is 89.1 Å². The molecule has 39 heavy (non-hydrogen) atoms. The summed E-state index contributed by atoms with van der Waals surface area (Å²) in [6, 6.07) is 14.0. The molecule has 0 radical (unpaired) electrons. The van der Waals surface area contributed by atoms with Crippen molar-refractivity contribution in [3.63, 3.8) is 0 Å². The van der Waals surface area contributed by atoms with Crippen LogP contribution in [0.1, 0.15) is 87.5 Å². The standard InChI is InChI=1S/C31H62N2O4Si2/c1-9-22-32(23-17-29-39(35-25-10-2,36-26-11-3)37-27-12-4)30-18-20-31(21-19-30)33(24-28-34-13-5)38(14-6,15-7)16-8/h18-21H,9-17,22-29H2,1-8H3. The summed E-state index contributed by atoms with van der Waals surface area (Å²) in [6.07, 6.45) is 5.06. The summed E-state index contributed by atoms with van der Waals surface area (Å²) >= 11 is 0. The van der Waals surface area contributed by atoms with Gasteiger partial charge in [-0.25, -0.2) is 0 Å². The topological polar surface area (TPSA) is 43.4 Å². The lowest BCUT2D eigenvalue weighted by Crippen LogP contribution is -2.53. The van der Waals surface area contributed by atoms with Gasteiger partial charge in [0.2, 0.25) is 0 Å². The molecule has 0 aliphatic rings. The van der Waals surface area contributed by atoms with Gasteiger partial charge in [-0.15, -0.1) is 0 Å². The number of hydrogen-bond acceptors (Lipinski definition) is 6. The summed E-state index contributed by atoms with van der Waals surface area (Å²) < 4.78 is 27.6. The molecule has 1 aromatic carbocycles. The van der Waals surface area contributed by atoms with Crippen LogP contribution in [0.4, 0.5) is 11.4 Å². The maximum Gasteiger partial charge on any atom is 0.501 e. The Bertz CT molecular complexity index is 689. The van der Waals surface area contributed by atoms with Crippen molar-refractivity contribution in [3.8, 4) is 0 Å². The van der Waals surface area contributed by atoms with Crippen LogP contribution in [0.25, 0.3) is 0 Å². The number of anilines is 2. The molecule has 6 nitrogen and oxygen atoms in total. The highest BCUT2D eigenvalue weighted by atomic mass is 28.4. The lowest BCUT2D eigenvalue weighted by Gasteiger charge is -2.43. The zero-order valence-electron chi connectivity index (χ0n) is 26.9. The van der Waals surface area contributed by atoms with Crippen molar-refractivity contribution in [2.45, 2.75) is 112 Å². The van der Waals surface area contributed by atoms with Crippen molar-refractivity contribution in [2.75, 3.05) is 62.1 Å². The van der Waals surface area contributed by atoms with Gasteiger partial charge >= 0.3 is 8.80 Å². The van der Waals surface area contributed by atoms with Crippen molar-refractivity contribution in [2.24, 2.45) is 0 Å². The Morgan fingerprint density at radius 2 is 1.10 bits per heavy atom. The Morgan fingerprint density at radius 3 is 1.54 bits per heavy atom. The fraction of sp³-hybridized carbons (Fsp3) is 0.806. The Labute approximate surface area is 244 Å². The summed E-state index contributed by atoms with van der Waals surface area (Å²) in [5.41, 5.74) is 2.65. The van der Waals surface area contributed by atoms with Crippen LogP contribution in [0.2, 0.25) is 24.2 Å². The molecule has 0 spiro atoms. The maximum absolute atomic E-state index is 6.34. The average Bonchev–Trinajstić information content (AvgIpc) is 2.97. The Kier molecular flexibility index (Phi) is 19.3. The lowest BCUT2D eigenvalue weighted by atomic mass is 10.2. The smallest absolute Gasteiger partial charge is 0.395 e. The molecule has 0 aliphatic heterocycles. The van der Waals surface area contributed by atoms with E-state index in [0.29, 0.717) is 19.8 Å². The van der Waals surface area contributed by atoms with E-state index >= 15 is 0 Å². The first-order valence-electron chi connectivity index (χ1n) is 16.1. The van der Waals surface area contributed by atoms with E-state index in [9.17, 15) is 0 Å². The molecule has 0 bridgehead atoms. The second kappa shape index (κ2) is 20.9. The summed E-state index contributed by atoms with van der Waals surface area (Å²) in [6.45, 7) is 24.6. The first-order valence-corrected chi connectivity index (χ1v) is 20.6. The normalized spacial score (nSPS) is 12.2. The van der Waals surface area contributed by atoms with Crippen LogP contribution in [0.15, 0.2) is 24.3 Å². The third kappa shape index (κ3) is 11.8. The second-order valence-corrected chi connectivity index (χ2v) is 18.3. The van der Waals surface area contributed by atoms with E-state index in [1.54, 1.807) is 0 Å². The SMILES string of the molecule is CCCO[Si](CCCN(CCC)c1ccc(N(CCOCC)[Si](CC)(CC)CC)cc1)(OCCC)OCCC. The molecule has 228 valence electrons. The van der Waals surface area contributed by atoms with Crippen molar-refractivity contribution in [1.29, 1.82) is 0 Å². The molecule has 0 atom stereocenters.